The van der Waals surface area contributed by atoms with E-state index in [1.54, 1.807) is 0 Å². The minimum absolute atomic E-state index is 0.222. The van der Waals surface area contributed by atoms with Gasteiger partial charge in [-0.1, -0.05) is 76.4 Å². The van der Waals surface area contributed by atoms with Crippen LogP contribution in [0.1, 0.15) is 43.0 Å². The van der Waals surface area contributed by atoms with E-state index in [9.17, 15) is 0 Å². The van der Waals surface area contributed by atoms with Crippen molar-refractivity contribution in [2.24, 2.45) is 0 Å². The van der Waals surface area contributed by atoms with Crippen molar-refractivity contribution in [2.45, 2.75) is 32.7 Å². The molecule has 2 rings (SSSR count). The molecule has 1 atom stereocenters. The first-order valence-corrected chi connectivity index (χ1v) is 9.00. The molecule has 0 saturated heterocycles. The SMILES string of the molecule is CCCc1ccc(C(NCC)c2cc(Br)cc(Br)c2)cc1. The van der Waals surface area contributed by atoms with Crippen molar-refractivity contribution in [3.8, 4) is 0 Å². The summed E-state index contributed by atoms with van der Waals surface area (Å²) in [6.45, 7) is 5.30. The zero-order chi connectivity index (χ0) is 15.2. The van der Waals surface area contributed by atoms with Crippen molar-refractivity contribution < 1.29 is 0 Å². The summed E-state index contributed by atoms with van der Waals surface area (Å²) >= 11 is 7.16. The van der Waals surface area contributed by atoms with Gasteiger partial charge in [-0.25, -0.2) is 0 Å². The van der Waals surface area contributed by atoms with Gasteiger partial charge < -0.3 is 5.32 Å². The van der Waals surface area contributed by atoms with Gasteiger partial charge in [-0.2, -0.15) is 0 Å². The van der Waals surface area contributed by atoms with Crippen molar-refractivity contribution in [1.29, 1.82) is 0 Å². The number of hydrogen-bond donors (Lipinski definition) is 1. The molecule has 21 heavy (non-hydrogen) atoms. The maximum Gasteiger partial charge on any atom is 0.0577 e. The van der Waals surface area contributed by atoms with Gasteiger partial charge in [-0.3, -0.25) is 0 Å². The molecule has 2 aromatic carbocycles. The van der Waals surface area contributed by atoms with Gasteiger partial charge in [0.25, 0.3) is 0 Å². The van der Waals surface area contributed by atoms with E-state index in [0.717, 1.165) is 21.9 Å². The molecule has 0 spiro atoms. The van der Waals surface area contributed by atoms with Gasteiger partial charge in [0.15, 0.2) is 0 Å². The van der Waals surface area contributed by atoms with Gasteiger partial charge in [-0.05, 0) is 47.9 Å². The van der Waals surface area contributed by atoms with Crippen molar-refractivity contribution in [3.63, 3.8) is 0 Å². The minimum Gasteiger partial charge on any atom is -0.307 e. The standard InChI is InChI=1S/C18H21Br2N/c1-3-5-13-6-8-14(9-7-13)18(21-4-2)15-10-16(19)12-17(20)11-15/h6-12,18,21H,3-5H2,1-2H3. The third-order valence-electron chi connectivity index (χ3n) is 3.48. The van der Waals surface area contributed by atoms with Crippen LogP contribution in [0.2, 0.25) is 0 Å². The summed E-state index contributed by atoms with van der Waals surface area (Å²) in [6.07, 6.45) is 2.34. The number of hydrogen-bond acceptors (Lipinski definition) is 1. The molecular weight excluding hydrogens is 390 g/mol. The van der Waals surface area contributed by atoms with Gasteiger partial charge in [0.05, 0.1) is 6.04 Å². The van der Waals surface area contributed by atoms with Crippen molar-refractivity contribution >= 4 is 31.9 Å². The zero-order valence-electron chi connectivity index (χ0n) is 12.5. The molecule has 0 bridgehead atoms. The van der Waals surface area contributed by atoms with Crippen LogP contribution in [0.4, 0.5) is 0 Å². The Morgan fingerprint density at radius 1 is 0.905 bits per heavy atom. The highest BCUT2D eigenvalue weighted by Crippen LogP contribution is 2.28. The summed E-state index contributed by atoms with van der Waals surface area (Å²) in [4.78, 5) is 0. The summed E-state index contributed by atoms with van der Waals surface area (Å²) < 4.78 is 2.19. The average molecular weight is 411 g/mol. The van der Waals surface area contributed by atoms with E-state index < -0.39 is 0 Å². The molecule has 3 heteroatoms. The van der Waals surface area contributed by atoms with E-state index >= 15 is 0 Å². The van der Waals surface area contributed by atoms with Crippen LogP contribution in [-0.2, 0) is 6.42 Å². The van der Waals surface area contributed by atoms with Gasteiger partial charge in [0.1, 0.15) is 0 Å². The largest absolute Gasteiger partial charge is 0.307 e. The number of nitrogens with one attached hydrogen (secondary N) is 1. The smallest absolute Gasteiger partial charge is 0.0577 e. The lowest BCUT2D eigenvalue weighted by Gasteiger charge is -2.20. The van der Waals surface area contributed by atoms with E-state index in [1.165, 1.54) is 23.1 Å². The number of halogens is 2. The molecule has 0 aliphatic carbocycles. The molecular formula is C18H21Br2N. The number of benzene rings is 2. The van der Waals surface area contributed by atoms with E-state index in [2.05, 4.69) is 93.5 Å². The second-order valence-electron chi connectivity index (χ2n) is 5.19. The van der Waals surface area contributed by atoms with Crippen molar-refractivity contribution in [3.05, 3.63) is 68.1 Å². The Bertz CT molecular complexity index is 558. The lowest BCUT2D eigenvalue weighted by atomic mass is 9.97. The number of aryl methyl sites for hydroxylation is 1. The highest BCUT2D eigenvalue weighted by atomic mass is 79.9. The second kappa shape index (κ2) is 8.11. The first kappa shape index (κ1) is 16.7. The van der Waals surface area contributed by atoms with Crippen LogP contribution >= 0.6 is 31.9 Å². The predicted octanol–water partition coefficient (Wildman–Crippen LogP) is 5.86. The highest BCUT2D eigenvalue weighted by Gasteiger charge is 2.14. The Kier molecular flexibility index (Phi) is 6.46. The van der Waals surface area contributed by atoms with Gasteiger partial charge in [-0.15, -0.1) is 0 Å². The Morgan fingerprint density at radius 3 is 2.05 bits per heavy atom. The number of rotatable bonds is 6. The Labute approximate surface area is 144 Å². The Morgan fingerprint density at radius 2 is 1.52 bits per heavy atom. The molecule has 0 aromatic heterocycles. The molecule has 0 fully saturated rings. The van der Waals surface area contributed by atoms with Gasteiger partial charge in [0, 0.05) is 8.95 Å². The quantitative estimate of drug-likeness (QED) is 0.628. The Balaban J connectivity index is 2.33. The monoisotopic (exact) mass is 409 g/mol. The van der Waals surface area contributed by atoms with Crippen molar-refractivity contribution in [2.75, 3.05) is 6.54 Å². The van der Waals surface area contributed by atoms with Crippen LogP contribution in [0.15, 0.2) is 51.4 Å². The first-order valence-electron chi connectivity index (χ1n) is 7.42. The summed E-state index contributed by atoms with van der Waals surface area (Å²) in [7, 11) is 0. The second-order valence-corrected chi connectivity index (χ2v) is 7.02. The van der Waals surface area contributed by atoms with Crippen LogP contribution in [0, 0.1) is 0 Å². The summed E-state index contributed by atoms with van der Waals surface area (Å²) in [6, 6.07) is 15.6. The third kappa shape index (κ3) is 4.67. The normalized spacial score (nSPS) is 12.4. The van der Waals surface area contributed by atoms with Crippen LogP contribution in [-0.4, -0.2) is 6.54 Å². The predicted molar refractivity (Wildman–Crippen MR) is 97.8 cm³/mol. The fourth-order valence-electron chi connectivity index (χ4n) is 2.54. The summed E-state index contributed by atoms with van der Waals surface area (Å²) in [5, 5.41) is 3.58. The van der Waals surface area contributed by atoms with E-state index in [-0.39, 0.29) is 6.04 Å². The van der Waals surface area contributed by atoms with Crippen LogP contribution in [0.5, 0.6) is 0 Å². The molecule has 1 nitrogen and oxygen atoms in total. The Hall–Kier alpha value is -0.640. The maximum absolute atomic E-state index is 3.58. The molecule has 0 aliphatic heterocycles. The van der Waals surface area contributed by atoms with Gasteiger partial charge in [0.2, 0.25) is 0 Å². The molecule has 0 amide bonds. The van der Waals surface area contributed by atoms with Gasteiger partial charge >= 0.3 is 0 Å². The van der Waals surface area contributed by atoms with Crippen LogP contribution in [0.25, 0.3) is 0 Å². The summed E-state index contributed by atoms with van der Waals surface area (Å²) in [5.74, 6) is 0. The molecule has 1 unspecified atom stereocenters. The molecule has 2 aromatic rings. The van der Waals surface area contributed by atoms with E-state index in [0.29, 0.717) is 0 Å². The highest BCUT2D eigenvalue weighted by molar-refractivity contribution is 9.11. The zero-order valence-corrected chi connectivity index (χ0v) is 15.7. The molecule has 0 aliphatic rings. The molecule has 0 heterocycles. The lowest BCUT2D eigenvalue weighted by Crippen LogP contribution is -2.22. The molecule has 1 N–H and O–H groups in total. The van der Waals surface area contributed by atoms with Crippen LogP contribution in [0.3, 0.4) is 0 Å². The molecule has 112 valence electrons. The average Bonchev–Trinajstić information content (AvgIpc) is 2.45. The topological polar surface area (TPSA) is 12.0 Å². The van der Waals surface area contributed by atoms with Crippen LogP contribution < -0.4 is 5.32 Å². The van der Waals surface area contributed by atoms with E-state index in [1.807, 2.05) is 0 Å². The minimum atomic E-state index is 0.222. The first-order chi connectivity index (χ1) is 10.1. The molecule has 0 radical (unpaired) electrons. The fourth-order valence-corrected chi connectivity index (χ4v) is 3.87. The van der Waals surface area contributed by atoms with E-state index in [4.69, 9.17) is 0 Å². The summed E-state index contributed by atoms with van der Waals surface area (Å²) in [5.41, 5.74) is 3.98. The third-order valence-corrected chi connectivity index (χ3v) is 4.39. The molecule has 0 saturated carbocycles. The fraction of sp³-hybridized carbons (Fsp3) is 0.333. The maximum atomic E-state index is 3.58. The lowest BCUT2D eigenvalue weighted by molar-refractivity contribution is 0.630. The van der Waals surface area contributed by atoms with Crippen molar-refractivity contribution in [1.82, 2.24) is 5.32 Å².